The summed E-state index contributed by atoms with van der Waals surface area (Å²) < 4.78 is 0. The molecule has 0 spiro atoms. The molecule has 0 saturated carbocycles. The van der Waals surface area contributed by atoms with Gasteiger partial charge in [0.05, 0.1) is 0 Å². The molecule has 2 rings (SSSR count). The smallest absolute Gasteiger partial charge is 0.169 e. The first-order valence-corrected chi connectivity index (χ1v) is 7.07. The lowest BCUT2D eigenvalue weighted by molar-refractivity contribution is 0.0792. The third-order valence-electron chi connectivity index (χ3n) is 3.78. The minimum Gasteiger partial charge on any atom is -0.361 e. The maximum atomic E-state index is 12.8. The van der Waals surface area contributed by atoms with Crippen LogP contribution in [0, 0.1) is 16.7 Å². The minimum absolute atomic E-state index is 0.137. The second-order valence-corrected chi connectivity index (χ2v) is 6.18. The Kier molecular flexibility index (Phi) is 4.07. The maximum Gasteiger partial charge on any atom is 0.169 e. The van der Waals surface area contributed by atoms with Crippen LogP contribution in [0.5, 0.6) is 0 Å². The first kappa shape index (κ1) is 14.5. The maximum absolute atomic E-state index is 12.8. The van der Waals surface area contributed by atoms with Gasteiger partial charge in [0.1, 0.15) is 0 Å². The Hall–Kier alpha value is -1.90. The van der Waals surface area contributed by atoms with Crippen LogP contribution in [0.1, 0.15) is 44.0 Å². The summed E-state index contributed by atoms with van der Waals surface area (Å²) in [4.78, 5) is 16.0. The Morgan fingerprint density at radius 1 is 1.40 bits per heavy atom. The van der Waals surface area contributed by atoms with E-state index in [4.69, 9.17) is 5.41 Å². The van der Waals surface area contributed by atoms with E-state index in [0.29, 0.717) is 12.3 Å². The van der Waals surface area contributed by atoms with Crippen molar-refractivity contribution in [2.24, 2.45) is 11.3 Å². The van der Waals surface area contributed by atoms with Gasteiger partial charge in [-0.25, -0.2) is 0 Å². The van der Waals surface area contributed by atoms with Crippen LogP contribution in [0.4, 0.5) is 0 Å². The van der Waals surface area contributed by atoms with Crippen molar-refractivity contribution in [1.29, 1.82) is 5.41 Å². The van der Waals surface area contributed by atoms with Crippen LogP contribution < -0.4 is 0 Å². The quantitative estimate of drug-likeness (QED) is 0.591. The zero-order valence-corrected chi connectivity index (χ0v) is 12.4. The van der Waals surface area contributed by atoms with E-state index < -0.39 is 5.41 Å². The molecule has 20 heavy (non-hydrogen) atoms. The van der Waals surface area contributed by atoms with Gasteiger partial charge >= 0.3 is 0 Å². The van der Waals surface area contributed by atoms with E-state index in [1.165, 1.54) is 6.21 Å². The summed E-state index contributed by atoms with van der Waals surface area (Å²) in [6.45, 7) is 6.21. The number of aromatic amines is 1. The molecule has 2 aromatic rings. The number of rotatable bonds is 6. The number of nitrogens with one attached hydrogen (secondary N) is 2. The topological polar surface area (TPSA) is 56.7 Å². The Morgan fingerprint density at radius 3 is 2.80 bits per heavy atom. The molecule has 0 aliphatic heterocycles. The number of carbonyl (C=O) groups is 1. The number of benzene rings is 1. The first-order valence-electron chi connectivity index (χ1n) is 7.07. The number of Topliss-reactive ketones (excluding diaryl/α,β-unsaturated/α-hetero) is 1. The number of aromatic nitrogens is 1. The Balaban J connectivity index is 2.37. The molecule has 1 aromatic heterocycles. The zero-order chi connectivity index (χ0) is 14.8. The first-order chi connectivity index (χ1) is 9.46. The largest absolute Gasteiger partial charge is 0.361 e. The van der Waals surface area contributed by atoms with Crippen LogP contribution in [0.2, 0.25) is 0 Å². The molecular formula is C17H22N2O. The van der Waals surface area contributed by atoms with Crippen LogP contribution in [0.15, 0.2) is 30.5 Å². The molecule has 0 amide bonds. The lowest BCUT2D eigenvalue weighted by Crippen LogP contribution is -2.30. The van der Waals surface area contributed by atoms with Crippen molar-refractivity contribution in [2.45, 2.75) is 33.6 Å². The van der Waals surface area contributed by atoms with Crippen molar-refractivity contribution >= 4 is 22.9 Å². The molecule has 106 valence electrons. The predicted molar refractivity (Wildman–Crippen MR) is 83.6 cm³/mol. The number of ketones is 1. The Bertz CT molecular complexity index is 627. The van der Waals surface area contributed by atoms with Crippen LogP contribution in [0.3, 0.4) is 0 Å². The lowest BCUT2D eigenvalue weighted by Gasteiger charge is -2.28. The van der Waals surface area contributed by atoms with Gasteiger partial charge in [-0.15, -0.1) is 0 Å². The van der Waals surface area contributed by atoms with Gasteiger partial charge in [-0.2, -0.15) is 0 Å². The molecule has 0 saturated heterocycles. The van der Waals surface area contributed by atoms with E-state index >= 15 is 0 Å². The van der Waals surface area contributed by atoms with Crippen LogP contribution in [-0.4, -0.2) is 17.0 Å². The van der Waals surface area contributed by atoms with Gasteiger partial charge in [0, 0.05) is 28.1 Å². The van der Waals surface area contributed by atoms with Gasteiger partial charge in [-0.3, -0.25) is 4.79 Å². The normalized spacial score (nSPS) is 14.4. The second-order valence-electron chi connectivity index (χ2n) is 6.18. The van der Waals surface area contributed by atoms with Crippen molar-refractivity contribution in [3.05, 3.63) is 36.0 Å². The molecule has 3 nitrogen and oxygen atoms in total. The van der Waals surface area contributed by atoms with Crippen LogP contribution >= 0.6 is 0 Å². The highest BCUT2D eigenvalue weighted by Crippen LogP contribution is 2.33. The standard InChI is InChI=1S/C17H22N2O/c1-12(2)11-17(3,7-8-18)16(20)14-4-5-15-13(10-14)6-9-19-15/h4-6,8-10,12,18-19H,7,11H2,1-3H3. The van der Waals surface area contributed by atoms with Crippen molar-refractivity contribution < 1.29 is 4.79 Å². The average Bonchev–Trinajstić information content (AvgIpc) is 2.84. The SMILES string of the molecule is CC(C)CC(C)(CC=N)C(=O)c1ccc2[nH]ccc2c1. The van der Waals surface area contributed by atoms with Gasteiger partial charge in [-0.05, 0) is 49.2 Å². The van der Waals surface area contributed by atoms with Gasteiger partial charge in [0.25, 0.3) is 0 Å². The van der Waals surface area contributed by atoms with E-state index in [2.05, 4.69) is 18.8 Å². The van der Waals surface area contributed by atoms with Crippen molar-refractivity contribution in [2.75, 3.05) is 0 Å². The lowest BCUT2D eigenvalue weighted by atomic mass is 9.74. The van der Waals surface area contributed by atoms with Crippen molar-refractivity contribution in [1.82, 2.24) is 4.98 Å². The molecule has 0 bridgehead atoms. The average molecular weight is 270 g/mol. The number of carbonyl (C=O) groups excluding carboxylic acids is 1. The van der Waals surface area contributed by atoms with Gasteiger partial charge in [0.2, 0.25) is 0 Å². The molecule has 2 N–H and O–H groups in total. The van der Waals surface area contributed by atoms with Gasteiger partial charge in [0.15, 0.2) is 5.78 Å². The Morgan fingerprint density at radius 2 is 2.15 bits per heavy atom. The number of H-pyrrole nitrogens is 1. The third-order valence-corrected chi connectivity index (χ3v) is 3.78. The van der Waals surface area contributed by atoms with E-state index in [9.17, 15) is 4.79 Å². The summed E-state index contributed by atoms with van der Waals surface area (Å²) in [7, 11) is 0. The summed E-state index contributed by atoms with van der Waals surface area (Å²) in [5.74, 6) is 0.567. The fourth-order valence-corrected chi connectivity index (χ4v) is 2.94. The number of hydrogen-bond donors (Lipinski definition) is 2. The number of hydrogen-bond acceptors (Lipinski definition) is 2. The third kappa shape index (κ3) is 2.82. The molecule has 0 aliphatic rings. The summed E-state index contributed by atoms with van der Waals surface area (Å²) in [5.41, 5.74) is 1.29. The fraction of sp³-hybridized carbons (Fsp3) is 0.412. The van der Waals surface area contributed by atoms with Crippen molar-refractivity contribution in [3.63, 3.8) is 0 Å². The van der Waals surface area contributed by atoms with E-state index in [1.807, 2.05) is 37.4 Å². The van der Waals surface area contributed by atoms with E-state index in [1.54, 1.807) is 0 Å². The molecular weight excluding hydrogens is 248 g/mol. The Labute approximate surface area is 119 Å². The molecule has 0 fully saturated rings. The second kappa shape index (κ2) is 5.61. The highest BCUT2D eigenvalue weighted by atomic mass is 16.1. The molecule has 3 heteroatoms. The molecule has 1 heterocycles. The van der Waals surface area contributed by atoms with Gasteiger partial charge < -0.3 is 10.4 Å². The fourth-order valence-electron chi connectivity index (χ4n) is 2.94. The molecule has 1 aromatic carbocycles. The number of fused-ring (bicyclic) bond motifs is 1. The monoisotopic (exact) mass is 270 g/mol. The summed E-state index contributed by atoms with van der Waals surface area (Å²) in [6, 6.07) is 7.74. The zero-order valence-electron chi connectivity index (χ0n) is 12.4. The molecule has 0 radical (unpaired) electrons. The summed E-state index contributed by atoms with van der Waals surface area (Å²) in [6.07, 6.45) is 4.53. The van der Waals surface area contributed by atoms with Crippen LogP contribution in [-0.2, 0) is 0 Å². The minimum atomic E-state index is -0.486. The highest BCUT2D eigenvalue weighted by Gasteiger charge is 2.33. The van der Waals surface area contributed by atoms with E-state index in [-0.39, 0.29) is 5.78 Å². The molecule has 1 unspecified atom stereocenters. The predicted octanol–water partition coefficient (Wildman–Crippen LogP) is 4.44. The van der Waals surface area contributed by atoms with Crippen LogP contribution in [0.25, 0.3) is 10.9 Å². The highest BCUT2D eigenvalue weighted by molar-refractivity contribution is 6.03. The summed E-state index contributed by atoms with van der Waals surface area (Å²) in [5, 5.41) is 8.44. The van der Waals surface area contributed by atoms with Crippen molar-refractivity contribution in [3.8, 4) is 0 Å². The summed E-state index contributed by atoms with van der Waals surface area (Å²) >= 11 is 0. The van der Waals surface area contributed by atoms with Gasteiger partial charge in [-0.1, -0.05) is 20.8 Å². The van der Waals surface area contributed by atoms with E-state index in [0.717, 1.165) is 22.9 Å². The molecule has 1 atom stereocenters. The molecule has 0 aliphatic carbocycles.